The van der Waals surface area contributed by atoms with Gasteiger partial charge in [-0.05, 0) is 71.8 Å². The molecule has 0 bridgehead atoms. The van der Waals surface area contributed by atoms with Crippen LogP contribution < -0.4 is 9.47 Å². The molecule has 0 aliphatic rings. The van der Waals surface area contributed by atoms with Gasteiger partial charge in [0.05, 0.1) is 22.3 Å². The maximum absolute atomic E-state index is 12.5. The second-order valence-electron chi connectivity index (χ2n) is 12.5. The molecule has 12 heteroatoms. The number of carbonyl (C=O) groups is 6. The molecule has 58 heavy (non-hydrogen) atoms. The highest BCUT2D eigenvalue weighted by molar-refractivity contribution is 6.08. The normalized spacial score (nSPS) is 11.0. The number of aromatic carboxylic acids is 4. The van der Waals surface area contributed by atoms with Crippen LogP contribution in [0.3, 0.4) is 0 Å². The van der Waals surface area contributed by atoms with Crippen molar-refractivity contribution in [3.63, 3.8) is 0 Å². The van der Waals surface area contributed by atoms with Crippen molar-refractivity contribution in [1.29, 1.82) is 0 Å². The Hall–Kier alpha value is -8.38. The highest BCUT2D eigenvalue weighted by atomic mass is 16.5. The van der Waals surface area contributed by atoms with Gasteiger partial charge in [0.25, 0.3) is 0 Å². The van der Waals surface area contributed by atoms with E-state index in [0.29, 0.717) is 22.3 Å². The van der Waals surface area contributed by atoms with Crippen molar-refractivity contribution >= 4 is 47.6 Å². The van der Waals surface area contributed by atoms with Gasteiger partial charge < -0.3 is 29.9 Å². The van der Waals surface area contributed by atoms with Crippen LogP contribution in [0.4, 0.5) is 0 Å². The van der Waals surface area contributed by atoms with E-state index in [1.54, 1.807) is 97.1 Å². The summed E-state index contributed by atoms with van der Waals surface area (Å²) < 4.78 is 12.2. The van der Waals surface area contributed by atoms with Gasteiger partial charge >= 0.3 is 23.9 Å². The monoisotopic (exact) mass is 774 g/mol. The van der Waals surface area contributed by atoms with Gasteiger partial charge in [-0.2, -0.15) is 0 Å². The molecule has 0 radical (unpaired) electrons. The van der Waals surface area contributed by atoms with Crippen LogP contribution in [0.25, 0.3) is 23.3 Å². The Kier molecular flexibility index (Phi) is 11.8. The molecule has 0 heterocycles. The van der Waals surface area contributed by atoms with Gasteiger partial charge in [-0.1, -0.05) is 97.1 Å². The molecule has 0 aromatic heterocycles. The van der Waals surface area contributed by atoms with Gasteiger partial charge in [0.15, 0.2) is 11.6 Å². The number of benzene rings is 6. The molecule has 0 saturated carbocycles. The van der Waals surface area contributed by atoms with Gasteiger partial charge in [-0.25, -0.2) is 19.2 Å². The van der Waals surface area contributed by atoms with Crippen LogP contribution in [-0.4, -0.2) is 55.9 Å². The molecule has 12 nitrogen and oxygen atoms in total. The lowest BCUT2D eigenvalue weighted by atomic mass is 9.93. The first-order valence-electron chi connectivity index (χ1n) is 17.3. The van der Waals surface area contributed by atoms with Crippen molar-refractivity contribution in [2.75, 3.05) is 0 Å². The number of allylic oxidation sites excluding steroid dienone is 2. The summed E-state index contributed by atoms with van der Waals surface area (Å²) in [4.78, 5) is 74.3. The molecule has 0 unspecified atom stereocenters. The van der Waals surface area contributed by atoms with Gasteiger partial charge in [0, 0.05) is 22.3 Å². The van der Waals surface area contributed by atoms with Crippen LogP contribution in [0.5, 0.6) is 23.0 Å². The van der Waals surface area contributed by atoms with E-state index in [0.717, 1.165) is 24.3 Å². The molecular formula is C46H30O12. The molecule has 0 atom stereocenters. The average molecular weight is 775 g/mol. The number of hydrogen-bond donors (Lipinski definition) is 4. The summed E-state index contributed by atoms with van der Waals surface area (Å²) in [5.74, 6) is -7.07. The largest absolute Gasteiger partial charge is 0.478 e. The molecule has 286 valence electrons. The third-order valence-electron chi connectivity index (χ3n) is 8.64. The SMILES string of the molecule is O=C(/C=C/c1ccc(Oc2cc(C(=O)O)c(C(=O)O)cc2-c2cc(C(=O)O)c(C(=O)O)cc2Oc2ccc(/C=C/C(=O)c3ccccc3)cc2)cc1)c1ccccc1. The molecule has 0 amide bonds. The fraction of sp³-hybridized carbons (Fsp3) is 0. The molecule has 0 aliphatic heterocycles. The summed E-state index contributed by atoms with van der Waals surface area (Å²) >= 11 is 0. The molecule has 0 saturated heterocycles. The second kappa shape index (κ2) is 17.4. The predicted molar refractivity (Wildman–Crippen MR) is 212 cm³/mol. The van der Waals surface area contributed by atoms with E-state index in [9.17, 15) is 49.2 Å². The van der Waals surface area contributed by atoms with E-state index in [4.69, 9.17) is 9.47 Å². The Morgan fingerprint density at radius 2 is 0.707 bits per heavy atom. The molecular weight excluding hydrogens is 744 g/mol. The van der Waals surface area contributed by atoms with Crippen molar-refractivity contribution in [2.45, 2.75) is 0 Å². The summed E-state index contributed by atoms with van der Waals surface area (Å²) in [5.41, 5.74) is -0.726. The van der Waals surface area contributed by atoms with Crippen LogP contribution in [0.1, 0.15) is 73.3 Å². The molecule has 6 rings (SSSR count). The van der Waals surface area contributed by atoms with Gasteiger partial charge in [0.1, 0.15) is 23.0 Å². The standard InChI is InChI=1S/C46H30O12/c47-39(29-7-3-1-4-8-29)21-15-27-11-17-31(18-12-27)57-41-25-37(45(53)54)35(43(49)50)23-33(41)34-24-36(44(51)52)38(46(55)56)26-42(34)58-32-19-13-28(14-20-32)16-22-40(48)30-9-5-2-6-10-30/h1-26H,(H,49,50)(H,51,52)(H,53,54)(H,55,56)/b21-15+,22-16+. The maximum atomic E-state index is 12.5. The van der Waals surface area contributed by atoms with E-state index in [1.165, 1.54) is 36.4 Å². The molecule has 0 spiro atoms. The molecule has 0 fully saturated rings. The highest BCUT2D eigenvalue weighted by Crippen LogP contribution is 2.43. The number of rotatable bonds is 15. The highest BCUT2D eigenvalue weighted by Gasteiger charge is 2.27. The van der Waals surface area contributed by atoms with Crippen LogP contribution in [0.15, 0.2) is 146 Å². The van der Waals surface area contributed by atoms with Crippen LogP contribution in [-0.2, 0) is 0 Å². The second-order valence-corrected chi connectivity index (χ2v) is 12.5. The number of ketones is 2. The number of hydrogen-bond acceptors (Lipinski definition) is 8. The maximum Gasteiger partial charge on any atom is 0.336 e. The first kappa shape index (κ1) is 39.3. The van der Waals surface area contributed by atoms with E-state index < -0.39 is 46.1 Å². The summed E-state index contributed by atoms with van der Waals surface area (Å²) in [6.45, 7) is 0. The van der Waals surface area contributed by atoms with Crippen LogP contribution in [0, 0.1) is 0 Å². The first-order valence-corrected chi connectivity index (χ1v) is 17.3. The molecule has 0 aliphatic carbocycles. The Morgan fingerprint density at radius 1 is 0.397 bits per heavy atom. The van der Waals surface area contributed by atoms with Gasteiger partial charge in [-0.3, -0.25) is 9.59 Å². The summed E-state index contributed by atoms with van der Waals surface area (Å²) in [7, 11) is 0. The minimum Gasteiger partial charge on any atom is -0.478 e. The van der Waals surface area contributed by atoms with Crippen molar-refractivity contribution in [3.05, 3.63) is 190 Å². The number of carboxylic acid groups (broad SMARTS) is 4. The van der Waals surface area contributed by atoms with Crippen LogP contribution >= 0.6 is 0 Å². The van der Waals surface area contributed by atoms with E-state index in [2.05, 4.69) is 0 Å². The predicted octanol–water partition coefficient (Wildman–Crippen LogP) is 9.52. The Morgan fingerprint density at radius 3 is 1.02 bits per heavy atom. The molecule has 4 N–H and O–H groups in total. The third kappa shape index (κ3) is 9.28. The topological polar surface area (TPSA) is 202 Å². The van der Waals surface area contributed by atoms with Crippen LogP contribution in [0.2, 0.25) is 0 Å². The Labute approximate surface area is 329 Å². The molecule has 6 aromatic carbocycles. The molecule has 6 aromatic rings. The number of carbonyl (C=O) groups excluding carboxylic acids is 2. The van der Waals surface area contributed by atoms with Crippen molar-refractivity contribution in [3.8, 4) is 34.1 Å². The first-order chi connectivity index (χ1) is 27.9. The Balaban J connectivity index is 1.40. The smallest absolute Gasteiger partial charge is 0.336 e. The summed E-state index contributed by atoms with van der Waals surface area (Å²) in [6, 6.07) is 33.6. The van der Waals surface area contributed by atoms with Crippen molar-refractivity contribution in [1.82, 2.24) is 0 Å². The lowest BCUT2D eigenvalue weighted by Gasteiger charge is -2.19. The van der Waals surface area contributed by atoms with E-state index in [-0.39, 0.29) is 45.7 Å². The fourth-order valence-corrected chi connectivity index (χ4v) is 5.75. The minimum atomic E-state index is -1.62. The van der Waals surface area contributed by atoms with E-state index in [1.807, 2.05) is 0 Å². The zero-order chi connectivity index (χ0) is 41.3. The third-order valence-corrected chi connectivity index (χ3v) is 8.64. The quantitative estimate of drug-likeness (QED) is 0.0569. The Bertz CT molecular complexity index is 2440. The average Bonchev–Trinajstić information content (AvgIpc) is 3.23. The minimum absolute atomic E-state index is 0.143. The number of ether oxygens (including phenoxy) is 2. The van der Waals surface area contributed by atoms with Crippen molar-refractivity contribution < 1.29 is 58.7 Å². The number of carboxylic acids is 4. The lowest BCUT2D eigenvalue weighted by molar-refractivity contribution is 0.0651. The van der Waals surface area contributed by atoms with Crippen molar-refractivity contribution in [2.24, 2.45) is 0 Å². The summed E-state index contributed by atoms with van der Waals surface area (Å²) in [6.07, 6.45) is 5.96. The fourth-order valence-electron chi connectivity index (χ4n) is 5.75. The van der Waals surface area contributed by atoms with Gasteiger partial charge in [0.2, 0.25) is 0 Å². The zero-order valence-electron chi connectivity index (χ0n) is 30.1. The zero-order valence-corrected chi connectivity index (χ0v) is 30.1. The lowest BCUT2D eigenvalue weighted by Crippen LogP contribution is -2.11. The van der Waals surface area contributed by atoms with Gasteiger partial charge in [-0.15, -0.1) is 0 Å². The summed E-state index contributed by atoms with van der Waals surface area (Å²) in [5, 5.41) is 40.0. The van der Waals surface area contributed by atoms with E-state index >= 15 is 0 Å².